The van der Waals surface area contributed by atoms with Crippen molar-refractivity contribution in [1.29, 1.82) is 5.26 Å². The van der Waals surface area contributed by atoms with Crippen LogP contribution in [0.25, 0.3) is 6.08 Å². The molecule has 0 atom stereocenters. The Morgan fingerprint density at radius 3 is 2.35 bits per heavy atom. The van der Waals surface area contributed by atoms with E-state index >= 15 is 0 Å². The molecule has 1 aliphatic heterocycles. The maximum atomic E-state index is 12.3. The Hall–Kier alpha value is -4.12. The number of esters is 1. The highest BCUT2D eigenvalue weighted by Crippen LogP contribution is 2.29. The number of rotatable bonds is 8. The van der Waals surface area contributed by atoms with Crippen LogP contribution in [0.3, 0.4) is 0 Å². The molecule has 0 unspecified atom stereocenters. The van der Waals surface area contributed by atoms with E-state index in [1.54, 1.807) is 48.5 Å². The Kier molecular flexibility index (Phi) is 6.67. The van der Waals surface area contributed by atoms with Gasteiger partial charge in [-0.3, -0.25) is 14.5 Å². The zero-order chi connectivity index (χ0) is 22.4. The Bertz CT molecular complexity index is 1060. The number of amides is 2. The molecule has 0 fully saturated rings. The van der Waals surface area contributed by atoms with Gasteiger partial charge in [0.2, 0.25) is 0 Å². The normalized spacial score (nSPS) is 12.9. The Morgan fingerprint density at radius 1 is 1.10 bits per heavy atom. The van der Waals surface area contributed by atoms with Crippen molar-refractivity contribution in [3.8, 4) is 17.6 Å². The van der Waals surface area contributed by atoms with Crippen molar-refractivity contribution in [2.75, 3.05) is 26.9 Å². The molecule has 2 aromatic rings. The second kappa shape index (κ2) is 9.59. The lowest BCUT2D eigenvalue weighted by molar-refractivity contribution is -0.138. The van der Waals surface area contributed by atoms with Gasteiger partial charge in [0.25, 0.3) is 11.8 Å². The van der Waals surface area contributed by atoms with Gasteiger partial charge in [-0.1, -0.05) is 18.2 Å². The van der Waals surface area contributed by atoms with E-state index < -0.39 is 17.8 Å². The molecule has 0 N–H and O–H groups in total. The van der Waals surface area contributed by atoms with Crippen molar-refractivity contribution in [3.05, 3.63) is 64.7 Å². The first-order valence-electron chi connectivity index (χ1n) is 9.55. The first-order chi connectivity index (χ1) is 15.0. The lowest BCUT2D eigenvalue weighted by atomic mass is 10.1. The highest BCUT2D eigenvalue weighted by Gasteiger charge is 2.34. The Morgan fingerprint density at radius 2 is 1.77 bits per heavy atom. The minimum Gasteiger partial charge on any atom is -0.493 e. The molecular weight excluding hydrogens is 400 g/mol. The largest absolute Gasteiger partial charge is 0.493 e. The smallest absolute Gasteiger partial charge is 0.348 e. The number of methoxy groups -OCH3 is 1. The summed E-state index contributed by atoms with van der Waals surface area (Å²) in [7, 11) is 1.49. The first-order valence-corrected chi connectivity index (χ1v) is 9.55. The molecule has 158 valence electrons. The molecular formula is C23H20N2O6. The van der Waals surface area contributed by atoms with E-state index in [9.17, 15) is 19.6 Å². The van der Waals surface area contributed by atoms with Gasteiger partial charge in [0, 0.05) is 0 Å². The Labute approximate surface area is 179 Å². The van der Waals surface area contributed by atoms with Crippen LogP contribution in [-0.2, 0) is 9.53 Å². The maximum absolute atomic E-state index is 12.3. The van der Waals surface area contributed by atoms with Crippen molar-refractivity contribution >= 4 is 23.9 Å². The lowest BCUT2D eigenvalue weighted by Gasteiger charge is -2.13. The molecule has 0 aliphatic carbocycles. The summed E-state index contributed by atoms with van der Waals surface area (Å²) in [6.45, 7) is 1.98. The summed E-state index contributed by atoms with van der Waals surface area (Å²) in [4.78, 5) is 38.0. The summed E-state index contributed by atoms with van der Waals surface area (Å²) in [6, 6.07) is 13.3. The predicted octanol–water partition coefficient (Wildman–Crippen LogP) is 2.84. The summed E-state index contributed by atoms with van der Waals surface area (Å²) < 4.78 is 15.8. The van der Waals surface area contributed by atoms with Crippen molar-refractivity contribution in [2.24, 2.45) is 0 Å². The van der Waals surface area contributed by atoms with Crippen LogP contribution < -0.4 is 9.47 Å². The molecule has 8 nitrogen and oxygen atoms in total. The van der Waals surface area contributed by atoms with Crippen molar-refractivity contribution in [2.45, 2.75) is 6.92 Å². The van der Waals surface area contributed by atoms with Gasteiger partial charge in [-0.2, -0.15) is 5.26 Å². The maximum Gasteiger partial charge on any atom is 0.348 e. The number of hydrogen-bond acceptors (Lipinski definition) is 7. The van der Waals surface area contributed by atoms with E-state index in [0.717, 1.165) is 4.90 Å². The van der Waals surface area contributed by atoms with E-state index in [1.807, 2.05) is 6.92 Å². The van der Waals surface area contributed by atoms with Crippen LogP contribution in [0.5, 0.6) is 11.5 Å². The lowest BCUT2D eigenvalue weighted by Crippen LogP contribution is -2.33. The number of nitriles is 1. The summed E-state index contributed by atoms with van der Waals surface area (Å²) in [6.07, 6.45) is 1.36. The van der Waals surface area contributed by atoms with Crippen LogP contribution in [0.15, 0.2) is 48.0 Å². The van der Waals surface area contributed by atoms with Crippen LogP contribution in [0.2, 0.25) is 0 Å². The van der Waals surface area contributed by atoms with E-state index in [4.69, 9.17) is 14.2 Å². The standard InChI is InChI=1S/C23H20N2O6/c1-3-30-19-9-8-15(13-20(19)29-2)12-16(14-24)23(28)31-11-10-25-21(26)17-6-4-5-7-18(17)22(25)27/h4-9,12-13H,3,10-11H2,1-2H3/b16-12+. The van der Waals surface area contributed by atoms with Gasteiger partial charge in [0.1, 0.15) is 18.2 Å². The SMILES string of the molecule is CCOc1ccc(/C=C(\C#N)C(=O)OCCN2C(=O)c3ccccc3C2=O)cc1OC. The van der Waals surface area contributed by atoms with Crippen LogP contribution >= 0.6 is 0 Å². The summed E-state index contributed by atoms with van der Waals surface area (Å²) in [5.41, 5.74) is 0.962. The van der Waals surface area contributed by atoms with Crippen LogP contribution in [-0.4, -0.2) is 49.6 Å². The highest BCUT2D eigenvalue weighted by atomic mass is 16.5. The number of carbonyl (C=O) groups excluding carboxylic acids is 3. The first kappa shape index (κ1) is 21.6. The molecule has 2 aromatic carbocycles. The number of carbonyl (C=O) groups is 3. The zero-order valence-electron chi connectivity index (χ0n) is 17.1. The average Bonchev–Trinajstić information content (AvgIpc) is 3.03. The van der Waals surface area contributed by atoms with Crippen LogP contribution in [0.4, 0.5) is 0 Å². The summed E-state index contributed by atoms with van der Waals surface area (Å²) >= 11 is 0. The fraction of sp³-hybridized carbons (Fsp3) is 0.217. The van der Waals surface area contributed by atoms with Crippen molar-refractivity contribution < 1.29 is 28.6 Å². The van der Waals surface area contributed by atoms with Crippen LogP contribution in [0, 0.1) is 11.3 Å². The third-order valence-electron chi connectivity index (χ3n) is 4.57. The number of hydrogen-bond donors (Lipinski definition) is 0. The second-order valence-corrected chi connectivity index (χ2v) is 6.46. The van der Waals surface area contributed by atoms with Crippen molar-refractivity contribution in [1.82, 2.24) is 4.90 Å². The molecule has 3 rings (SSSR count). The zero-order valence-corrected chi connectivity index (χ0v) is 17.1. The third kappa shape index (κ3) is 4.56. The average molecular weight is 420 g/mol. The molecule has 1 heterocycles. The van der Waals surface area contributed by atoms with Gasteiger partial charge >= 0.3 is 5.97 Å². The molecule has 0 saturated heterocycles. The van der Waals surface area contributed by atoms with Gasteiger partial charge in [0.05, 0.1) is 31.4 Å². The predicted molar refractivity (Wildman–Crippen MR) is 111 cm³/mol. The molecule has 1 aliphatic rings. The molecule has 0 radical (unpaired) electrons. The molecule has 31 heavy (non-hydrogen) atoms. The Balaban J connectivity index is 1.64. The monoisotopic (exact) mass is 420 g/mol. The summed E-state index contributed by atoms with van der Waals surface area (Å²) in [5, 5.41) is 9.34. The third-order valence-corrected chi connectivity index (χ3v) is 4.57. The van der Waals surface area contributed by atoms with E-state index in [2.05, 4.69) is 0 Å². The van der Waals surface area contributed by atoms with Crippen molar-refractivity contribution in [3.63, 3.8) is 0 Å². The number of benzene rings is 2. The molecule has 8 heteroatoms. The highest BCUT2D eigenvalue weighted by molar-refractivity contribution is 6.21. The van der Waals surface area contributed by atoms with E-state index in [-0.39, 0.29) is 18.7 Å². The number of nitrogens with zero attached hydrogens (tertiary/aromatic N) is 2. The minimum absolute atomic E-state index is 0.104. The number of fused-ring (bicyclic) bond motifs is 1. The number of imide groups is 1. The molecule has 0 saturated carbocycles. The van der Waals surface area contributed by atoms with Gasteiger partial charge in [0.15, 0.2) is 11.5 Å². The van der Waals surface area contributed by atoms with Gasteiger partial charge in [-0.15, -0.1) is 0 Å². The molecule has 0 aromatic heterocycles. The summed E-state index contributed by atoms with van der Waals surface area (Å²) in [5.74, 6) is -0.716. The topological polar surface area (TPSA) is 106 Å². The van der Waals surface area contributed by atoms with Gasteiger partial charge in [-0.25, -0.2) is 4.79 Å². The molecule has 0 bridgehead atoms. The van der Waals surface area contributed by atoms with Gasteiger partial charge in [-0.05, 0) is 42.8 Å². The minimum atomic E-state index is -0.855. The molecule has 2 amide bonds. The van der Waals surface area contributed by atoms with Gasteiger partial charge < -0.3 is 14.2 Å². The fourth-order valence-corrected chi connectivity index (χ4v) is 3.10. The number of ether oxygens (including phenoxy) is 3. The quantitative estimate of drug-likeness (QED) is 0.280. The van der Waals surface area contributed by atoms with E-state index in [0.29, 0.717) is 34.8 Å². The second-order valence-electron chi connectivity index (χ2n) is 6.46. The fourth-order valence-electron chi connectivity index (χ4n) is 3.10. The van der Waals surface area contributed by atoms with E-state index in [1.165, 1.54) is 13.2 Å². The molecule has 0 spiro atoms. The van der Waals surface area contributed by atoms with Crippen LogP contribution in [0.1, 0.15) is 33.2 Å².